The summed E-state index contributed by atoms with van der Waals surface area (Å²) in [5.41, 5.74) is 0. The van der Waals surface area contributed by atoms with E-state index in [1.54, 1.807) is 6.92 Å². The Morgan fingerprint density at radius 2 is 2.15 bits per heavy atom. The normalized spacial score (nSPS) is 13.2. The molecular formula is C12H15ClFNO4S. The maximum atomic E-state index is 13.0. The molecule has 0 saturated heterocycles. The van der Waals surface area contributed by atoms with Crippen LogP contribution in [0.25, 0.3) is 0 Å². The van der Waals surface area contributed by atoms with E-state index in [1.807, 2.05) is 0 Å². The van der Waals surface area contributed by atoms with E-state index in [1.165, 1.54) is 0 Å². The van der Waals surface area contributed by atoms with Gasteiger partial charge in [-0.05, 0) is 30.5 Å². The van der Waals surface area contributed by atoms with E-state index in [0.29, 0.717) is 6.42 Å². The number of hydrogen-bond donors (Lipinski definition) is 2. The molecule has 20 heavy (non-hydrogen) atoms. The zero-order valence-corrected chi connectivity index (χ0v) is 12.3. The lowest BCUT2D eigenvalue weighted by Gasteiger charge is -2.12. The Hall–Kier alpha value is -1.18. The van der Waals surface area contributed by atoms with Gasteiger partial charge in [0.15, 0.2) is 0 Å². The maximum absolute atomic E-state index is 13.0. The zero-order valence-electron chi connectivity index (χ0n) is 10.8. The molecule has 0 aliphatic heterocycles. The number of hydrogen-bond acceptors (Lipinski definition) is 3. The van der Waals surface area contributed by atoms with Crippen molar-refractivity contribution in [1.82, 2.24) is 4.72 Å². The molecule has 8 heteroatoms. The molecule has 1 unspecified atom stereocenters. The Kier molecular flexibility index (Phi) is 5.91. The number of halogens is 2. The van der Waals surface area contributed by atoms with Gasteiger partial charge in [0.1, 0.15) is 5.82 Å². The summed E-state index contributed by atoms with van der Waals surface area (Å²) in [5, 5.41) is 8.26. The van der Waals surface area contributed by atoms with Crippen LogP contribution in [0.1, 0.15) is 19.8 Å². The van der Waals surface area contributed by atoms with Crippen LogP contribution in [0.15, 0.2) is 23.1 Å². The molecule has 0 saturated carbocycles. The number of carboxylic acids is 1. The smallest absolute Gasteiger partial charge is 0.303 e. The Morgan fingerprint density at radius 3 is 2.70 bits per heavy atom. The van der Waals surface area contributed by atoms with Gasteiger partial charge in [0.25, 0.3) is 0 Å². The Morgan fingerprint density at radius 1 is 1.50 bits per heavy atom. The van der Waals surface area contributed by atoms with Crippen LogP contribution in [0, 0.1) is 11.7 Å². The van der Waals surface area contributed by atoms with Crippen molar-refractivity contribution in [3.8, 4) is 0 Å². The quantitative estimate of drug-likeness (QED) is 0.806. The molecule has 0 spiro atoms. The highest BCUT2D eigenvalue weighted by Gasteiger charge is 2.17. The third kappa shape index (κ3) is 5.07. The van der Waals surface area contributed by atoms with Crippen LogP contribution in [-0.2, 0) is 14.8 Å². The van der Waals surface area contributed by atoms with E-state index in [2.05, 4.69) is 4.72 Å². The van der Waals surface area contributed by atoms with Crippen molar-refractivity contribution in [1.29, 1.82) is 0 Å². The van der Waals surface area contributed by atoms with Gasteiger partial charge in [0.05, 0.1) is 9.92 Å². The summed E-state index contributed by atoms with van der Waals surface area (Å²) >= 11 is 5.53. The van der Waals surface area contributed by atoms with E-state index in [9.17, 15) is 17.6 Å². The monoisotopic (exact) mass is 323 g/mol. The molecule has 1 rings (SSSR count). The van der Waals surface area contributed by atoms with Crippen molar-refractivity contribution in [3.05, 3.63) is 29.0 Å². The molecule has 0 amide bonds. The molecule has 1 atom stereocenters. The summed E-state index contributed by atoms with van der Waals surface area (Å²) < 4.78 is 39.2. The number of aliphatic carboxylic acids is 1. The lowest BCUT2D eigenvalue weighted by molar-refractivity contribution is -0.137. The van der Waals surface area contributed by atoms with E-state index in [4.69, 9.17) is 16.7 Å². The predicted octanol–water partition coefficient (Wildman–Crippen LogP) is 2.26. The highest BCUT2D eigenvalue weighted by molar-refractivity contribution is 7.89. The molecule has 1 aromatic carbocycles. The van der Waals surface area contributed by atoms with Gasteiger partial charge in [-0.15, -0.1) is 0 Å². The van der Waals surface area contributed by atoms with Crippen LogP contribution in [0.2, 0.25) is 5.02 Å². The Balaban J connectivity index is 2.65. The molecular weight excluding hydrogens is 309 g/mol. The van der Waals surface area contributed by atoms with Crippen LogP contribution < -0.4 is 4.72 Å². The largest absolute Gasteiger partial charge is 0.481 e. The fourth-order valence-corrected chi connectivity index (χ4v) is 2.89. The van der Waals surface area contributed by atoms with Crippen molar-refractivity contribution < 1.29 is 22.7 Å². The van der Waals surface area contributed by atoms with Crippen molar-refractivity contribution in [2.45, 2.75) is 24.7 Å². The van der Waals surface area contributed by atoms with Crippen molar-refractivity contribution in [2.24, 2.45) is 5.92 Å². The number of benzene rings is 1. The fourth-order valence-electron chi connectivity index (χ4n) is 1.45. The van der Waals surface area contributed by atoms with Crippen molar-refractivity contribution >= 4 is 27.6 Å². The minimum Gasteiger partial charge on any atom is -0.481 e. The molecule has 0 aliphatic carbocycles. The lowest BCUT2D eigenvalue weighted by atomic mass is 10.1. The van der Waals surface area contributed by atoms with Gasteiger partial charge in [-0.1, -0.05) is 18.5 Å². The first-order chi connectivity index (χ1) is 9.22. The van der Waals surface area contributed by atoms with Crippen molar-refractivity contribution in [3.63, 3.8) is 0 Å². The molecule has 0 heterocycles. The summed E-state index contributed by atoms with van der Waals surface area (Å²) in [4.78, 5) is 10.3. The average Bonchev–Trinajstić information content (AvgIpc) is 2.37. The van der Waals surface area contributed by atoms with Crippen LogP contribution in [0.3, 0.4) is 0 Å². The second kappa shape index (κ2) is 7.01. The third-order valence-electron chi connectivity index (χ3n) is 2.67. The molecule has 0 aromatic heterocycles. The van der Waals surface area contributed by atoms with Gasteiger partial charge >= 0.3 is 5.97 Å². The maximum Gasteiger partial charge on any atom is 0.303 e. The zero-order chi connectivity index (χ0) is 15.3. The number of carbonyl (C=O) groups is 1. The van der Waals surface area contributed by atoms with Crippen molar-refractivity contribution in [2.75, 3.05) is 6.54 Å². The van der Waals surface area contributed by atoms with E-state index < -0.39 is 21.8 Å². The van der Waals surface area contributed by atoms with Gasteiger partial charge < -0.3 is 5.11 Å². The fraction of sp³-hybridized carbons (Fsp3) is 0.417. The first kappa shape index (κ1) is 16.9. The average molecular weight is 324 g/mol. The molecule has 2 N–H and O–H groups in total. The highest BCUT2D eigenvalue weighted by atomic mass is 35.5. The van der Waals surface area contributed by atoms with E-state index >= 15 is 0 Å². The summed E-state index contributed by atoms with van der Waals surface area (Å²) in [6.07, 6.45) is 0.341. The second-order valence-electron chi connectivity index (χ2n) is 4.47. The molecule has 0 fully saturated rings. The molecule has 0 bridgehead atoms. The van der Waals surface area contributed by atoms with Crippen LogP contribution in [0.4, 0.5) is 4.39 Å². The van der Waals surface area contributed by atoms with Gasteiger partial charge in [-0.2, -0.15) is 0 Å². The van der Waals surface area contributed by atoms with E-state index in [0.717, 1.165) is 18.2 Å². The summed E-state index contributed by atoms with van der Waals surface area (Å²) in [5.74, 6) is -1.75. The molecule has 0 aliphatic rings. The first-order valence-corrected chi connectivity index (χ1v) is 7.75. The SMILES string of the molecule is CC(CCC(=O)O)CNS(=O)(=O)c1ccc(F)c(Cl)c1. The Labute approximate surface area is 121 Å². The van der Waals surface area contributed by atoms with Crippen LogP contribution >= 0.6 is 11.6 Å². The standard InChI is InChI=1S/C12H15ClFNO4S/c1-8(2-5-12(16)17)7-15-20(18,19)9-3-4-11(14)10(13)6-9/h3-4,6,8,15H,2,5,7H2,1H3,(H,16,17). The number of nitrogens with one attached hydrogen (secondary N) is 1. The number of rotatable bonds is 7. The molecule has 0 radical (unpaired) electrons. The van der Waals surface area contributed by atoms with Gasteiger partial charge in [0, 0.05) is 13.0 Å². The molecule has 112 valence electrons. The van der Waals surface area contributed by atoms with Gasteiger partial charge in [0.2, 0.25) is 10.0 Å². The number of sulfonamides is 1. The minimum atomic E-state index is -3.78. The molecule has 1 aromatic rings. The topological polar surface area (TPSA) is 83.5 Å². The highest BCUT2D eigenvalue weighted by Crippen LogP contribution is 2.19. The second-order valence-corrected chi connectivity index (χ2v) is 6.64. The molecule has 5 nitrogen and oxygen atoms in total. The predicted molar refractivity (Wildman–Crippen MR) is 72.6 cm³/mol. The van der Waals surface area contributed by atoms with Crippen LogP contribution in [-0.4, -0.2) is 26.0 Å². The van der Waals surface area contributed by atoms with Crippen LogP contribution in [0.5, 0.6) is 0 Å². The van der Waals surface area contributed by atoms with Gasteiger partial charge in [-0.3, -0.25) is 4.79 Å². The lowest BCUT2D eigenvalue weighted by Crippen LogP contribution is -2.28. The minimum absolute atomic E-state index is 0.0225. The summed E-state index contributed by atoms with van der Waals surface area (Å²) in [6.45, 7) is 1.84. The van der Waals surface area contributed by atoms with E-state index in [-0.39, 0.29) is 28.8 Å². The summed E-state index contributed by atoms with van der Waals surface area (Å²) in [6, 6.07) is 3.12. The summed E-state index contributed by atoms with van der Waals surface area (Å²) in [7, 11) is -3.78. The number of carboxylic acid groups (broad SMARTS) is 1. The first-order valence-electron chi connectivity index (χ1n) is 5.89. The van der Waals surface area contributed by atoms with Gasteiger partial charge in [-0.25, -0.2) is 17.5 Å². The third-order valence-corrected chi connectivity index (χ3v) is 4.39. The Bertz CT molecular complexity index is 591.